The SMILES string of the molecule is CC(CC(=O)CC(C)(C)C)C(C)C(C)(C)C. The smallest absolute Gasteiger partial charge is 0.133 e. The van der Waals surface area contributed by atoms with Crippen molar-refractivity contribution in [2.24, 2.45) is 22.7 Å². The molecule has 96 valence electrons. The van der Waals surface area contributed by atoms with Gasteiger partial charge in [0.2, 0.25) is 0 Å². The number of ketones is 1. The van der Waals surface area contributed by atoms with Crippen LogP contribution in [-0.2, 0) is 4.79 Å². The maximum absolute atomic E-state index is 11.9. The normalized spacial score (nSPS) is 17.0. The van der Waals surface area contributed by atoms with E-state index in [9.17, 15) is 4.79 Å². The van der Waals surface area contributed by atoms with E-state index in [-0.39, 0.29) is 5.41 Å². The molecule has 0 radical (unpaired) electrons. The third-order valence-electron chi connectivity index (χ3n) is 3.50. The van der Waals surface area contributed by atoms with Gasteiger partial charge in [-0.25, -0.2) is 0 Å². The van der Waals surface area contributed by atoms with E-state index in [4.69, 9.17) is 0 Å². The summed E-state index contributed by atoms with van der Waals surface area (Å²) in [6, 6.07) is 0. The van der Waals surface area contributed by atoms with Gasteiger partial charge in [0.05, 0.1) is 0 Å². The largest absolute Gasteiger partial charge is 0.300 e. The van der Waals surface area contributed by atoms with Crippen molar-refractivity contribution in [1.82, 2.24) is 0 Å². The van der Waals surface area contributed by atoms with Gasteiger partial charge in [-0.1, -0.05) is 55.4 Å². The molecular formula is C15H30O. The van der Waals surface area contributed by atoms with Crippen molar-refractivity contribution in [2.45, 2.75) is 68.2 Å². The van der Waals surface area contributed by atoms with E-state index in [1.807, 2.05) is 0 Å². The van der Waals surface area contributed by atoms with Crippen LogP contribution in [0.3, 0.4) is 0 Å². The van der Waals surface area contributed by atoms with Gasteiger partial charge in [0.15, 0.2) is 0 Å². The number of Topliss-reactive ketones (excluding diaryl/α,β-unsaturated/α-hetero) is 1. The second-order valence-electron chi connectivity index (χ2n) is 7.61. The Morgan fingerprint density at radius 3 is 1.75 bits per heavy atom. The van der Waals surface area contributed by atoms with E-state index in [2.05, 4.69) is 55.4 Å². The maximum Gasteiger partial charge on any atom is 0.133 e. The Kier molecular flexibility index (Phi) is 5.22. The summed E-state index contributed by atoms with van der Waals surface area (Å²) >= 11 is 0. The Labute approximate surface area is 102 Å². The summed E-state index contributed by atoms with van der Waals surface area (Å²) in [5.74, 6) is 1.47. The third kappa shape index (κ3) is 6.30. The number of hydrogen-bond acceptors (Lipinski definition) is 1. The fraction of sp³-hybridized carbons (Fsp3) is 0.933. The minimum absolute atomic E-state index is 0.127. The second-order valence-corrected chi connectivity index (χ2v) is 7.61. The van der Waals surface area contributed by atoms with Crippen LogP contribution in [0.2, 0.25) is 0 Å². The lowest BCUT2D eigenvalue weighted by atomic mass is 9.73. The summed E-state index contributed by atoms with van der Waals surface area (Å²) in [7, 11) is 0. The molecule has 0 rings (SSSR count). The van der Waals surface area contributed by atoms with Gasteiger partial charge in [0.25, 0.3) is 0 Å². The molecular weight excluding hydrogens is 196 g/mol. The predicted molar refractivity (Wildman–Crippen MR) is 71.5 cm³/mol. The Morgan fingerprint density at radius 2 is 1.44 bits per heavy atom. The number of carbonyl (C=O) groups excluding carboxylic acids is 1. The van der Waals surface area contributed by atoms with E-state index in [0.717, 1.165) is 6.42 Å². The first-order valence-electron chi connectivity index (χ1n) is 6.45. The van der Waals surface area contributed by atoms with Crippen molar-refractivity contribution in [3.05, 3.63) is 0 Å². The van der Waals surface area contributed by atoms with Crippen molar-refractivity contribution in [3.63, 3.8) is 0 Å². The lowest BCUT2D eigenvalue weighted by Gasteiger charge is -2.32. The molecule has 0 aromatic carbocycles. The van der Waals surface area contributed by atoms with Gasteiger partial charge < -0.3 is 0 Å². The number of hydrogen-bond donors (Lipinski definition) is 0. The molecule has 0 saturated carbocycles. The lowest BCUT2D eigenvalue weighted by molar-refractivity contribution is -0.122. The quantitative estimate of drug-likeness (QED) is 0.679. The Morgan fingerprint density at radius 1 is 1.00 bits per heavy atom. The molecule has 2 unspecified atom stereocenters. The fourth-order valence-corrected chi connectivity index (χ4v) is 2.05. The highest BCUT2D eigenvalue weighted by atomic mass is 16.1. The zero-order valence-corrected chi connectivity index (χ0v) is 12.5. The monoisotopic (exact) mass is 226 g/mol. The highest BCUT2D eigenvalue weighted by molar-refractivity contribution is 5.79. The Balaban J connectivity index is 4.26. The summed E-state index contributed by atoms with van der Waals surface area (Å²) in [6.07, 6.45) is 1.43. The van der Waals surface area contributed by atoms with Crippen LogP contribution in [0.1, 0.15) is 68.2 Å². The van der Waals surface area contributed by atoms with Crippen LogP contribution in [0.4, 0.5) is 0 Å². The first kappa shape index (κ1) is 15.7. The molecule has 1 nitrogen and oxygen atoms in total. The predicted octanol–water partition coefficient (Wildman–Crippen LogP) is 4.70. The van der Waals surface area contributed by atoms with Crippen molar-refractivity contribution < 1.29 is 4.79 Å². The molecule has 16 heavy (non-hydrogen) atoms. The highest BCUT2D eigenvalue weighted by Gasteiger charge is 2.27. The summed E-state index contributed by atoms with van der Waals surface area (Å²) in [5.41, 5.74) is 0.420. The second kappa shape index (κ2) is 5.33. The van der Waals surface area contributed by atoms with Crippen molar-refractivity contribution in [1.29, 1.82) is 0 Å². The molecule has 0 amide bonds. The zero-order valence-electron chi connectivity index (χ0n) is 12.5. The van der Waals surface area contributed by atoms with Crippen molar-refractivity contribution >= 4 is 5.78 Å². The zero-order chi connectivity index (χ0) is 13.1. The number of carbonyl (C=O) groups is 1. The van der Waals surface area contributed by atoms with Crippen LogP contribution in [0, 0.1) is 22.7 Å². The Hall–Kier alpha value is -0.330. The summed E-state index contributed by atoms with van der Waals surface area (Å²) in [4.78, 5) is 11.9. The molecule has 1 heteroatoms. The van der Waals surface area contributed by atoms with Gasteiger partial charge >= 0.3 is 0 Å². The van der Waals surface area contributed by atoms with Crippen LogP contribution >= 0.6 is 0 Å². The van der Waals surface area contributed by atoms with Gasteiger partial charge in [-0.05, 0) is 22.7 Å². The molecule has 0 N–H and O–H groups in total. The highest BCUT2D eigenvalue weighted by Crippen LogP contribution is 2.34. The molecule has 0 spiro atoms. The molecule has 0 heterocycles. The fourth-order valence-electron chi connectivity index (χ4n) is 2.05. The maximum atomic E-state index is 11.9. The van der Waals surface area contributed by atoms with Crippen LogP contribution in [-0.4, -0.2) is 5.78 Å². The van der Waals surface area contributed by atoms with E-state index in [1.54, 1.807) is 0 Å². The third-order valence-corrected chi connectivity index (χ3v) is 3.50. The lowest BCUT2D eigenvalue weighted by Crippen LogP contribution is -2.26. The molecule has 0 fully saturated rings. The molecule has 0 aromatic heterocycles. The van der Waals surface area contributed by atoms with Crippen LogP contribution in [0.15, 0.2) is 0 Å². The molecule has 2 atom stereocenters. The van der Waals surface area contributed by atoms with Crippen LogP contribution < -0.4 is 0 Å². The van der Waals surface area contributed by atoms with E-state index in [0.29, 0.717) is 29.5 Å². The molecule has 0 aromatic rings. The first-order valence-corrected chi connectivity index (χ1v) is 6.45. The van der Waals surface area contributed by atoms with Crippen LogP contribution in [0.25, 0.3) is 0 Å². The van der Waals surface area contributed by atoms with Crippen molar-refractivity contribution in [3.8, 4) is 0 Å². The average Bonchev–Trinajstić information content (AvgIpc) is 1.96. The molecule has 0 aliphatic heterocycles. The molecule has 0 bridgehead atoms. The number of rotatable bonds is 4. The Bertz CT molecular complexity index is 227. The van der Waals surface area contributed by atoms with Gasteiger partial charge in [0.1, 0.15) is 5.78 Å². The minimum atomic E-state index is 0.127. The van der Waals surface area contributed by atoms with E-state index < -0.39 is 0 Å². The van der Waals surface area contributed by atoms with Gasteiger partial charge in [0, 0.05) is 12.8 Å². The standard InChI is InChI=1S/C15H30O/c1-11(12(2)15(6,7)8)9-13(16)10-14(3,4)5/h11-12H,9-10H2,1-8H3. The van der Waals surface area contributed by atoms with E-state index >= 15 is 0 Å². The average molecular weight is 226 g/mol. The topological polar surface area (TPSA) is 17.1 Å². The summed E-state index contributed by atoms with van der Waals surface area (Å²) in [6.45, 7) is 17.6. The summed E-state index contributed by atoms with van der Waals surface area (Å²) < 4.78 is 0. The van der Waals surface area contributed by atoms with Gasteiger partial charge in [-0.3, -0.25) is 4.79 Å². The summed E-state index contributed by atoms with van der Waals surface area (Å²) in [5, 5.41) is 0. The molecule has 0 aliphatic rings. The molecule has 0 aliphatic carbocycles. The minimum Gasteiger partial charge on any atom is -0.300 e. The van der Waals surface area contributed by atoms with Crippen LogP contribution in [0.5, 0.6) is 0 Å². The van der Waals surface area contributed by atoms with E-state index in [1.165, 1.54) is 0 Å². The van der Waals surface area contributed by atoms with Gasteiger partial charge in [-0.2, -0.15) is 0 Å². The molecule has 0 saturated heterocycles. The van der Waals surface area contributed by atoms with Crippen molar-refractivity contribution in [2.75, 3.05) is 0 Å². The first-order chi connectivity index (χ1) is 6.93. The van der Waals surface area contributed by atoms with Gasteiger partial charge in [-0.15, -0.1) is 0 Å².